The molecule has 94 valence electrons. The molecule has 0 aliphatic rings. The van der Waals surface area contributed by atoms with Gasteiger partial charge in [0.2, 0.25) is 5.91 Å². The van der Waals surface area contributed by atoms with Crippen molar-refractivity contribution in [3.8, 4) is 0 Å². The zero-order chi connectivity index (χ0) is 12.7. The van der Waals surface area contributed by atoms with E-state index in [0.717, 1.165) is 0 Å². The molecule has 0 aliphatic carbocycles. The molecular formula is C11H14Cl2N2O2. The van der Waals surface area contributed by atoms with Crippen LogP contribution in [0.2, 0.25) is 10.0 Å². The van der Waals surface area contributed by atoms with Crippen LogP contribution >= 0.6 is 23.2 Å². The van der Waals surface area contributed by atoms with E-state index in [0.29, 0.717) is 28.9 Å². The molecule has 1 aromatic rings. The summed E-state index contributed by atoms with van der Waals surface area (Å²) in [5.41, 5.74) is 0.512. The van der Waals surface area contributed by atoms with Crippen LogP contribution in [0.15, 0.2) is 18.2 Å². The Morgan fingerprint density at radius 3 is 2.88 bits per heavy atom. The molecule has 2 N–H and O–H groups in total. The lowest BCUT2D eigenvalue weighted by Gasteiger charge is -2.08. The number of hydrogen-bond acceptors (Lipinski definition) is 3. The van der Waals surface area contributed by atoms with Crippen molar-refractivity contribution in [2.45, 2.75) is 0 Å². The molecule has 6 heteroatoms. The molecule has 0 bridgehead atoms. The van der Waals surface area contributed by atoms with Crippen molar-refractivity contribution < 1.29 is 9.53 Å². The lowest BCUT2D eigenvalue weighted by atomic mass is 10.3. The number of hydrogen-bond donors (Lipinski definition) is 2. The van der Waals surface area contributed by atoms with Crippen molar-refractivity contribution in [1.82, 2.24) is 5.32 Å². The van der Waals surface area contributed by atoms with E-state index < -0.39 is 0 Å². The number of anilines is 1. The highest BCUT2D eigenvalue weighted by molar-refractivity contribution is 6.35. The fraction of sp³-hybridized carbons (Fsp3) is 0.364. The van der Waals surface area contributed by atoms with E-state index >= 15 is 0 Å². The van der Waals surface area contributed by atoms with Gasteiger partial charge in [-0.25, -0.2) is 0 Å². The summed E-state index contributed by atoms with van der Waals surface area (Å²) in [5.74, 6) is -0.176. The van der Waals surface area contributed by atoms with Crippen molar-refractivity contribution >= 4 is 34.8 Å². The van der Waals surface area contributed by atoms with E-state index in [-0.39, 0.29) is 12.5 Å². The molecule has 0 radical (unpaired) electrons. The van der Waals surface area contributed by atoms with Crippen LogP contribution in [0.25, 0.3) is 0 Å². The zero-order valence-corrected chi connectivity index (χ0v) is 10.9. The highest BCUT2D eigenvalue weighted by atomic mass is 35.5. The molecule has 0 fully saturated rings. The fourth-order valence-electron chi connectivity index (χ4n) is 1.16. The second kappa shape index (κ2) is 7.50. The summed E-state index contributed by atoms with van der Waals surface area (Å²) in [5, 5.41) is 6.58. The third-order valence-corrected chi connectivity index (χ3v) is 2.54. The first-order valence-corrected chi connectivity index (χ1v) is 5.83. The van der Waals surface area contributed by atoms with Gasteiger partial charge in [-0.15, -0.1) is 0 Å². The number of ether oxygens (including phenoxy) is 1. The normalized spacial score (nSPS) is 10.3. The summed E-state index contributed by atoms with van der Waals surface area (Å²) in [7, 11) is 1.60. The maximum Gasteiger partial charge on any atom is 0.238 e. The Balaban J connectivity index is 2.42. The van der Waals surface area contributed by atoms with E-state index in [9.17, 15) is 4.79 Å². The lowest BCUT2D eigenvalue weighted by Crippen LogP contribution is -2.30. The van der Waals surface area contributed by atoms with Gasteiger partial charge in [-0.05, 0) is 18.2 Å². The number of amides is 1. The highest BCUT2D eigenvalue weighted by Crippen LogP contribution is 2.25. The zero-order valence-electron chi connectivity index (χ0n) is 9.43. The minimum atomic E-state index is -0.176. The molecule has 0 saturated heterocycles. The summed E-state index contributed by atoms with van der Waals surface area (Å²) in [6, 6.07) is 4.91. The predicted octanol–water partition coefficient (Wildman–Crippen LogP) is 2.17. The van der Waals surface area contributed by atoms with Gasteiger partial charge in [0, 0.05) is 18.7 Å². The highest BCUT2D eigenvalue weighted by Gasteiger charge is 2.05. The number of rotatable bonds is 6. The average molecular weight is 277 g/mol. The Labute approximate surface area is 110 Å². The molecule has 1 rings (SSSR count). The van der Waals surface area contributed by atoms with Crippen LogP contribution < -0.4 is 10.6 Å². The second-order valence-electron chi connectivity index (χ2n) is 3.34. The molecule has 0 heterocycles. The van der Waals surface area contributed by atoms with Crippen molar-refractivity contribution in [1.29, 1.82) is 0 Å². The smallest absolute Gasteiger partial charge is 0.238 e. The Hall–Kier alpha value is -0.810. The maximum atomic E-state index is 11.5. The average Bonchev–Trinajstić information content (AvgIpc) is 2.29. The first-order valence-electron chi connectivity index (χ1n) is 5.08. The molecule has 17 heavy (non-hydrogen) atoms. The molecule has 0 saturated carbocycles. The molecule has 0 atom stereocenters. The molecule has 1 amide bonds. The Morgan fingerprint density at radius 1 is 1.41 bits per heavy atom. The standard InChI is InChI=1S/C11H14Cl2N2O2/c1-17-5-4-14-7-11(16)15-10-6-8(12)2-3-9(10)13/h2-3,6,14H,4-5,7H2,1H3,(H,15,16). The first-order chi connectivity index (χ1) is 8.13. The number of carbonyl (C=O) groups excluding carboxylic acids is 1. The number of carbonyl (C=O) groups is 1. The Morgan fingerprint density at radius 2 is 2.18 bits per heavy atom. The van der Waals surface area contributed by atoms with E-state index in [1.54, 1.807) is 25.3 Å². The van der Waals surface area contributed by atoms with Gasteiger partial charge >= 0.3 is 0 Å². The van der Waals surface area contributed by atoms with Gasteiger partial charge in [-0.2, -0.15) is 0 Å². The van der Waals surface area contributed by atoms with E-state index in [4.69, 9.17) is 27.9 Å². The van der Waals surface area contributed by atoms with Gasteiger partial charge < -0.3 is 15.4 Å². The lowest BCUT2D eigenvalue weighted by molar-refractivity contribution is -0.115. The maximum absolute atomic E-state index is 11.5. The van der Waals surface area contributed by atoms with Gasteiger partial charge in [-0.1, -0.05) is 23.2 Å². The predicted molar refractivity (Wildman–Crippen MR) is 69.8 cm³/mol. The largest absolute Gasteiger partial charge is 0.383 e. The van der Waals surface area contributed by atoms with Gasteiger partial charge in [0.25, 0.3) is 0 Å². The van der Waals surface area contributed by atoms with Crippen LogP contribution in [0.3, 0.4) is 0 Å². The summed E-state index contributed by atoms with van der Waals surface area (Å²) in [6.07, 6.45) is 0. The van der Waals surface area contributed by atoms with Crippen molar-refractivity contribution in [2.24, 2.45) is 0 Å². The van der Waals surface area contributed by atoms with Crippen LogP contribution in [0.1, 0.15) is 0 Å². The third kappa shape index (κ3) is 5.37. The van der Waals surface area contributed by atoms with E-state index in [1.165, 1.54) is 0 Å². The topological polar surface area (TPSA) is 50.4 Å². The molecule has 0 unspecified atom stereocenters. The van der Waals surface area contributed by atoms with Crippen LogP contribution in [0, 0.1) is 0 Å². The van der Waals surface area contributed by atoms with E-state index in [1.807, 2.05) is 0 Å². The molecule has 0 aromatic heterocycles. The third-order valence-electron chi connectivity index (χ3n) is 1.97. The monoisotopic (exact) mass is 276 g/mol. The van der Waals surface area contributed by atoms with Crippen LogP contribution in [0.4, 0.5) is 5.69 Å². The summed E-state index contributed by atoms with van der Waals surface area (Å²) in [4.78, 5) is 11.5. The fourth-order valence-corrected chi connectivity index (χ4v) is 1.50. The molecule has 0 aliphatic heterocycles. The van der Waals surface area contributed by atoms with Crippen molar-refractivity contribution in [3.05, 3.63) is 28.2 Å². The van der Waals surface area contributed by atoms with Crippen molar-refractivity contribution in [2.75, 3.05) is 32.1 Å². The summed E-state index contributed by atoms with van der Waals surface area (Å²) >= 11 is 11.7. The number of nitrogens with one attached hydrogen (secondary N) is 2. The van der Waals surface area contributed by atoms with Crippen LogP contribution in [-0.2, 0) is 9.53 Å². The molecular weight excluding hydrogens is 263 g/mol. The number of benzene rings is 1. The van der Waals surface area contributed by atoms with Gasteiger partial charge in [0.1, 0.15) is 0 Å². The SMILES string of the molecule is COCCNCC(=O)Nc1cc(Cl)ccc1Cl. The minimum absolute atomic E-state index is 0.176. The van der Waals surface area contributed by atoms with Gasteiger partial charge in [0.15, 0.2) is 0 Å². The quantitative estimate of drug-likeness (QED) is 0.783. The summed E-state index contributed by atoms with van der Waals surface area (Å²) in [6.45, 7) is 1.38. The molecule has 4 nitrogen and oxygen atoms in total. The van der Waals surface area contributed by atoms with E-state index in [2.05, 4.69) is 10.6 Å². The van der Waals surface area contributed by atoms with Crippen LogP contribution in [-0.4, -0.2) is 32.7 Å². The Kier molecular flexibility index (Phi) is 6.29. The number of halogens is 2. The van der Waals surface area contributed by atoms with Crippen LogP contribution in [0.5, 0.6) is 0 Å². The second-order valence-corrected chi connectivity index (χ2v) is 4.19. The van der Waals surface area contributed by atoms with Gasteiger partial charge in [-0.3, -0.25) is 4.79 Å². The van der Waals surface area contributed by atoms with Crippen molar-refractivity contribution in [3.63, 3.8) is 0 Å². The minimum Gasteiger partial charge on any atom is -0.383 e. The number of methoxy groups -OCH3 is 1. The Bertz CT molecular complexity index is 386. The molecule has 0 spiro atoms. The first kappa shape index (κ1) is 14.3. The summed E-state index contributed by atoms with van der Waals surface area (Å²) < 4.78 is 4.84. The van der Waals surface area contributed by atoms with Gasteiger partial charge in [0.05, 0.1) is 23.9 Å². The molecule has 1 aromatic carbocycles.